The van der Waals surface area contributed by atoms with Crippen LogP contribution in [0.15, 0.2) is 78.9 Å². The van der Waals surface area contributed by atoms with E-state index in [1.165, 1.54) is 18.2 Å². The van der Waals surface area contributed by atoms with Crippen LogP contribution in [0.25, 0.3) is 0 Å². The summed E-state index contributed by atoms with van der Waals surface area (Å²) in [5.41, 5.74) is 0.861. The summed E-state index contributed by atoms with van der Waals surface area (Å²) in [7, 11) is 0. The topological polar surface area (TPSA) is 63.6 Å². The number of hydrogen-bond donors (Lipinski definition) is 1. The van der Waals surface area contributed by atoms with Crippen molar-refractivity contribution in [2.75, 3.05) is 0 Å². The zero-order chi connectivity index (χ0) is 18.5. The summed E-state index contributed by atoms with van der Waals surface area (Å²) in [6.45, 7) is 0. The van der Waals surface area contributed by atoms with Gasteiger partial charge in [-0.3, -0.25) is 4.79 Å². The molecule has 1 N–H and O–H groups in total. The van der Waals surface area contributed by atoms with Crippen molar-refractivity contribution < 1.29 is 19.4 Å². The first-order chi connectivity index (χ1) is 12.6. The highest BCUT2D eigenvalue weighted by Crippen LogP contribution is 2.27. The molecule has 0 aliphatic heterocycles. The number of rotatable bonds is 5. The Morgan fingerprint density at radius 3 is 2.15 bits per heavy atom. The Labute approximate surface area is 155 Å². The van der Waals surface area contributed by atoms with Crippen molar-refractivity contribution in [3.63, 3.8) is 0 Å². The predicted molar refractivity (Wildman–Crippen MR) is 98.5 cm³/mol. The van der Waals surface area contributed by atoms with Gasteiger partial charge in [0.05, 0.1) is 0 Å². The maximum atomic E-state index is 12.9. The third kappa shape index (κ3) is 3.92. The number of carbonyl (C=O) groups is 2. The second-order valence-corrected chi connectivity index (χ2v) is 6.02. The number of esters is 1. The van der Waals surface area contributed by atoms with Crippen LogP contribution in [-0.2, 0) is 4.74 Å². The number of Topliss-reactive ketones (excluding diaryl/α,β-unsaturated/α-hetero) is 1. The van der Waals surface area contributed by atoms with Crippen LogP contribution in [0.4, 0.5) is 0 Å². The van der Waals surface area contributed by atoms with Crippen molar-refractivity contribution >= 4 is 23.4 Å². The first-order valence-corrected chi connectivity index (χ1v) is 8.28. The van der Waals surface area contributed by atoms with Gasteiger partial charge in [0.15, 0.2) is 6.10 Å². The Kier molecular flexibility index (Phi) is 5.34. The van der Waals surface area contributed by atoms with E-state index in [2.05, 4.69) is 0 Å². The Morgan fingerprint density at radius 2 is 1.50 bits per heavy atom. The highest BCUT2D eigenvalue weighted by molar-refractivity contribution is 6.31. The number of hydrogen-bond acceptors (Lipinski definition) is 4. The fraction of sp³-hybridized carbons (Fsp3) is 0.0476. The first-order valence-electron chi connectivity index (χ1n) is 7.90. The molecule has 0 heterocycles. The molecule has 0 fully saturated rings. The van der Waals surface area contributed by atoms with E-state index in [-0.39, 0.29) is 22.1 Å². The lowest BCUT2D eigenvalue weighted by atomic mass is 9.99. The molecule has 0 saturated carbocycles. The van der Waals surface area contributed by atoms with Gasteiger partial charge in [-0.1, -0.05) is 72.3 Å². The number of carbonyl (C=O) groups excluding carboxylic acids is 2. The summed E-state index contributed by atoms with van der Waals surface area (Å²) < 4.78 is 5.47. The van der Waals surface area contributed by atoms with Crippen LogP contribution in [0.1, 0.15) is 32.4 Å². The largest absolute Gasteiger partial charge is 0.507 e. The smallest absolute Gasteiger partial charge is 0.343 e. The molecular formula is C21H15ClO4. The maximum absolute atomic E-state index is 12.9. The van der Waals surface area contributed by atoms with Gasteiger partial charge in [-0.15, -0.1) is 0 Å². The van der Waals surface area contributed by atoms with Gasteiger partial charge in [0.25, 0.3) is 0 Å². The number of halogens is 1. The van der Waals surface area contributed by atoms with E-state index in [0.717, 1.165) is 0 Å². The highest BCUT2D eigenvalue weighted by Gasteiger charge is 2.27. The summed E-state index contributed by atoms with van der Waals surface area (Å²) in [4.78, 5) is 25.4. The quantitative estimate of drug-likeness (QED) is 0.519. The zero-order valence-corrected chi connectivity index (χ0v) is 14.4. The number of benzene rings is 3. The zero-order valence-electron chi connectivity index (χ0n) is 13.6. The first kappa shape index (κ1) is 17.7. The molecule has 0 saturated heterocycles. The second kappa shape index (κ2) is 7.85. The average Bonchev–Trinajstić information content (AvgIpc) is 2.68. The van der Waals surface area contributed by atoms with Gasteiger partial charge in [0.2, 0.25) is 5.78 Å². The second-order valence-electron chi connectivity index (χ2n) is 5.59. The molecule has 3 aromatic carbocycles. The molecule has 1 atom stereocenters. The van der Waals surface area contributed by atoms with Crippen LogP contribution in [0.5, 0.6) is 5.75 Å². The van der Waals surface area contributed by atoms with Gasteiger partial charge in [-0.05, 0) is 18.2 Å². The van der Waals surface area contributed by atoms with Crippen molar-refractivity contribution in [2.45, 2.75) is 6.10 Å². The molecule has 0 aliphatic carbocycles. The fourth-order valence-electron chi connectivity index (χ4n) is 2.50. The predicted octanol–water partition coefficient (Wildman–Crippen LogP) is 4.83. The van der Waals surface area contributed by atoms with Gasteiger partial charge >= 0.3 is 5.97 Å². The van der Waals surface area contributed by atoms with E-state index >= 15 is 0 Å². The molecule has 0 spiro atoms. The summed E-state index contributed by atoms with van der Waals surface area (Å²) in [5.74, 6) is -1.45. The number of ether oxygens (including phenoxy) is 1. The molecule has 4 nitrogen and oxygen atoms in total. The lowest BCUT2D eigenvalue weighted by Crippen LogP contribution is -2.20. The van der Waals surface area contributed by atoms with Crippen molar-refractivity contribution in [3.05, 3.63) is 101 Å². The average molecular weight is 367 g/mol. The molecule has 3 aromatic rings. The minimum Gasteiger partial charge on any atom is -0.507 e. The van der Waals surface area contributed by atoms with Crippen molar-refractivity contribution in [2.24, 2.45) is 0 Å². The summed E-state index contributed by atoms with van der Waals surface area (Å²) in [6, 6.07) is 21.4. The van der Waals surface area contributed by atoms with E-state index in [9.17, 15) is 14.7 Å². The van der Waals surface area contributed by atoms with Gasteiger partial charge < -0.3 is 9.84 Å². The summed E-state index contributed by atoms with van der Waals surface area (Å²) >= 11 is 5.89. The molecule has 0 aromatic heterocycles. The molecule has 3 rings (SSSR count). The maximum Gasteiger partial charge on any atom is 0.343 e. The van der Waals surface area contributed by atoms with E-state index in [1.807, 2.05) is 0 Å². The van der Waals surface area contributed by atoms with E-state index in [1.54, 1.807) is 60.7 Å². The van der Waals surface area contributed by atoms with Gasteiger partial charge in [0.1, 0.15) is 11.3 Å². The third-order valence-electron chi connectivity index (χ3n) is 3.80. The van der Waals surface area contributed by atoms with Crippen molar-refractivity contribution in [1.82, 2.24) is 0 Å². The molecule has 26 heavy (non-hydrogen) atoms. The van der Waals surface area contributed by atoms with Crippen LogP contribution in [0, 0.1) is 0 Å². The number of aromatic hydroxyl groups is 1. The fourth-order valence-corrected chi connectivity index (χ4v) is 2.67. The molecule has 0 bridgehead atoms. The lowest BCUT2D eigenvalue weighted by Gasteiger charge is -2.18. The molecule has 0 unspecified atom stereocenters. The monoisotopic (exact) mass is 366 g/mol. The molecule has 0 amide bonds. The lowest BCUT2D eigenvalue weighted by molar-refractivity contribution is 0.0277. The standard InChI is InChI=1S/C21H15ClO4/c22-16-11-12-18(23)17(13-16)21(25)26-20(15-9-5-2-6-10-15)19(24)14-7-3-1-4-8-14/h1-13,20,23H/t20-/m0/s1. The molecule has 5 heteroatoms. The van der Waals surface area contributed by atoms with Crippen LogP contribution < -0.4 is 0 Å². The van der Waals surface area contributed by atoms with Crippen LogP contribution in [0.3, 0.4) is 0 Å². The van der Waals surface area contributed by atoms with E-state index in [0.29, 0.717) is 11.1 Å². The van der Waals surface area contributed by atoms with Crippen molar-refractivity contribution in [1.29, 1.82) is 0 Å². The van der Waals surface area contributed by atoms with Gasteiger partial charge in [0, 0.05) is 16.1 Å². The Morgan fingerprint density at radius 1 is 0.885 bits per heavy atom. The van der Waals surface area contributed by atoms with E-state index < -0.39 is 12.1 Å². The highest BCUT2D eigenvalue weighted by atomic mass is 35.5. The summed E-state index contributed by atoms with van der Waals surface area (Å²) in [6.07, 6.45) is -1.13. The van der Waals surface area contributed by atoms with Crippen LogP contribution in [0.2, 0.25) is 5.02 Å². The Bertz CT molecular complexity index is 923. The molecule has 130 valence electrons. The molecule has 0 radical (unpaired) electrons. The molecule has 0 aliphatic rings. The van der Waals surface area contributed by atoms with Gasteiger partial charge in [-0.25, -0.2) is 4.79 Å². The molecular weight excluding hydrogens is 352 g/mol. The van der Waals surface area contributed by atoms with Gasteiger partial charge in [-0.2, -0.15) is 0 Å². The minimum absolute atomic E-state index is 0.0979. The number of ketones is 1. The van der Waals surface area contributed by atoms with Crippen LogP contribution in [-0.4, -0.2) is 16.9 Å². The summed E-state index contributed by atoms with van der Waals surface area (Å²) in [5, 5.41) is 10.2. The third-order valence-corrected chi connectivity index (χ3v) is 4.04. The minimum atomic E-state index is -1.13. The Hall–Kier alpha value is -3.11. The normalized spacial score (nSPS) is 11.6. The number of phenolic OH excluding ortho intramolecular Hbond substituents is 1. The Balaban J connectivity index is 1.95. The SMILES string of the molecule is O=C(O[C@H](C(=O)c1ccccc1)c1ccccc1)c1cc(Cl)ccc1O. The van der Waals surface area contributed by atoms with Crippen LogP contribution >= 0.6 is 11.6 Å². The van der Waals surface area contributed by atoms with Crippen molar-refractivity contribution in [3.8, 4) is 5.75 Å². The number of phenols is 1. The van der Waals surface area contributed by atoms with E-state index in [4.69, 9.17) is 16.3 Å².